The molecule has 0 aliphatic carbocycles. The first-order valence-electron chi connectivity index (χ1n) is 4.30. The van der Waals surface area contributed by atoms with Crippen molar-refractivity contribution in [1.29, 1.82) is 0 Å². The van der Waals surface area contributed by atoms with Crippen LogP contribution in [0.4, 0.5) is 0 Å². The molecule has 4 heteroatoms. The number of pyridine rings is 1. The number of aromatic nitrogens is 1. The molecule has 0 radical (unpaired) electrons. The smallest absolute Gasteiger partial charge is 0.0642 e. The number of hydrazone groups is 1. The second-order valence-electron chi connectivity index (χ2n) is 3.15. The maximum atomic E-state index is 4.19. The zero-order valence-electron chi connectivity index (χ0n) is 8.14. The number of fused-ring (bicyclic) bond motifs is 1. The first-order chi connectivity index (χ1) is 6.75. The number of rotatable bonds is 2. The Bertz CT molecular complexity index is 426. The molecule has 0 aromatic carbocycles. The lowest BCUT2D eigenvalue weighted by Gasteiger charge is -2.00. The molecule has 0 aliphatic heterocycles. The summed E-state index contributed by atoms with van der Waals surface area (Å²) in [5.74, 6) is 0. The number of hydrogen-bond acceptors (Lipinski definition) is 4. The van der Waals surface area contributed by atoms with Crippen molar-refractivity contribution in [3.63, 3.8) is 0 Å². The van der Waals surface area contributed by atoms with Gasteiger partial charge in [-0.3, -0.25) is 4.98 Å². The third-order valence-electron chi connectivity index (χ3n) is 1.76. The molecule has 3 nitrogen and oxygen atoms in total. The highest BCUT2D eigenvalue weighted by Gasteiger charge is 1.98. The van der Waals surface area contributed by atoms with Gasteiger partial charge >= 0.3 is 0 Å². The minimum atomic E-state index is 1.15. The summed E-state index contributed by atoms with van der Waals surface area (Å²) in [4.78, 5) is 5.23. The van der Waals surface area contributed by atoms with E-state index in [9.17, 15) is 0 Å². The summed E-state index contributed by atoms with van der Waals surface area (Å²) >= 11 is 1.70. The Morgan fingerprint density at radius 2 is 2.36 bits per heavy atom. The van der Waals surface area contributed by atoms with Crippen LogP contribution in [-0.2, 0) is 0 Å². The number of hydrogen-bond donors (Lipinski definition) is 0. The van der Waals surface area contributed by atoms with E-state index in [1.165, 1.54) is 10.1 Å². The van der Waals surface area contributed by atoms with Crippen molar-refractivity contribution in [3.8, 4) is 0 Å². The van der Waals surface area contributed by atoms with E-state index >= 15 is 0 Å². The van der Waals surface area contributed by atoms with Crippen molar-refractivity contribution in [2.24, 2.45) is 5.10 Å². The molecule has 0 atom stereocenters. The summed E-state index contributed by atoms with van der Waals surface area (Å²) in [6.07, 6.45) is 5.56. The van der Waals surface area contributed by atoms with E-state index in [4.69, 9.17) is 0 Å². The molecule has 0 spiro atoms. The molecule has 0 bridgehead atoms. The normalized spacial score (nSPS) is 11.3. The molecular formula is C10H11N3S. The molecule has 0 fully saturated rings. The van der Waals surface area contributed by atoms with E-state index in [1.54, 1.807) is 16.3 Å². The average molecular weight is 205 g/mol. The summed E-state index contributed by atoms with van der Waals surface area (Å²) in [5, 5.41) is 7.20. The summed E-state index contributed by atoms with van der Waals surface area (Å²) in [7, 11) is 3.82. The quantitative estimate of drug-likeness (QED) is 0.555. The van der Waals surface area contributed by atoms with Crippen molar-refractivity contribution in [1.82, 2.24) is 9.99 Å². The van der Waals surface area contributed by atoms with Crippen LogP contribution in [0.15, 0.2) is 29.6 Å². The largest absolute Gasteiger partial charge is 0.303 e. The predicted molar refractivity (Wildman–Crippen MR) is 60.9 cm³/mol. The molecule has 14 heavy (non-hydrogen) atoms. The van der Waals surface area contributed by atoms with Crippen LogP contribution in [-0.4, -0.2) is 30.3 Å². The van der Waals surface area contributed by atoms with Crippen LogP contribution in [0.3, 0.4) is 0 Å². The molecule has 0 amide bonds. The van der Waals surface area contributed by atoms with Crippen molar-refractivity contribution < 1.29 is 0 Å². The first-order valence-corrected chi connectivity index (χ1v) is 5.12. The lowest BCUT2D eigenvalue weighted by molar-refractivity contribution is 0.440. The minimum absolute atomic E-state index is 1.15. The van der Waals surface area contributed by atoms with Crippen molar-refractivity contribution in [2.75, 3.05) is 14.1 Å². The maximum Gasteiger partial charge on any atom is 0.0642 e. The van der Waals surface area contributed by atoms with Gasteiger partial charge in [0.15, 0.2) is 0 Å². The highest BCUT2D eigenvalue weighted by atomic mass is 32.1. The Labute approximate surface area is 86.7 Å². The van der Waals surface area contributed by atoms with Gasteiger partial charge in [0.2, 0.25) is 0 Å². The Morgan fingerprint density at radius 1 is 1.50 bits per heavy atom. The first kappa shape index (κ1) is 9.15. The lowest BCUT2D eigenvalue weighted by atomic mass is 10.3. The Kier molecular flexibility index (Phi) is 2.45. The molecule has 0 saturated carbocycles. The van der Waals surface area contributed by atoms with E-state index in [0.29, 0.717) is 0 Å². The van der Waals surface area contributed by atoms with Gasteiger partial charge in [-0.25, -0.2) is 0 Å². The third kappa shape index (κ3) is 1.90. The fourth-order valence-corrected chi connectivity index (χ4v) is 2.04. The van der Waals surface area contributed by atoms with E-state index < -0.39 is 0 Å². The van der Waals surface area contributed by atoms with Gasteiger partial charge in [-0.2, -0.15) is 5.10 Å². The molecule has 0 saturated heterocycles. The Hall–Kier alpha value is -1.42. The van der Waals surface area contributed by atoms with Crippen LogP contribution in [0, 0.1) is 0 Å². The molecular weight excluding hydrogens is 194 g/mol. The Morgan fingerprint density at radius 3 is 3.07 bits per heavy atom. The fraction of sp³-hybridized carbons (Fsp3) is 0.200. The molecule has 0 unspecified atom stereocenters. The van der Waals surface area contributed by atoms with Gasteiger partial charge in [-0.1, -0.05) is 0 Å². The molecule has 72 valence electrons. The predicted octanol–water partition coefficient (Wildman–Crippen LogP) is 2.19. The van der Waals surface area contributed by atoms with Crippen LogP contribution in [0.25, 0.3) is 10.1 Å². The fourth-order valence-electron chi connectivity index (χ4n) is 1.14. The van der Waals surface area contributed by atoms with Crippen molar-refractivity contribution in [2.45, 2.75) is 0 Å². The Balaban J connectivity index is 2.36. The topological polar surface area (TPSA) is 28.5 Å². The standard InChI is InChI=1S/C10H11N3S/c1-13(2)12-6-9-5-8-3-4-11-7-10(8)14-9/h3-7H,1-2H3. The molecule has 2 heterocycles. The van der Waals surface area contributed by atoms with Crippen LogP contribution in [0.5, 0.6) is 0 Å². The summed E-state index contributed by atoms with van der Waals surface area (Å²) in [6, 6.07) is 4.13. The van der Waals surface area contributed by atoms with Crippen LogP contribution in [0.2, 0.25) is 0 Å². The average Bonchev–Trinajstić information content (AvgIpc) is 2.57. The molecule has 2 aromatic heterocycles. The highest BCUT2D eigenvalue weighted by Crippen LogP contribution is 2.22. The van der Waals surface area contributed by atoms with Crippen molar-refractivity contribution >= 4 is 27.6 Å². The summed E-state index contributed by atoms with van der Waals surface area (Å²) in [5.41, 5.74) is 0. The van der Waals surface area contributed by atoms with Gasteiger partial charge in [0.25, 0.3) is 0 Å². The summed E-state index contributed by atoms with van der Waals surface area (Å²) in [6.45, 7) is 0. The zero-order chi connectivity index (χ0) is 9.97. The van der Waals surface area contributed by atoms with Gasteiger partial charge in [-0.15, -0.1) is 11.3 Å². The summed E-state index contributed by atoms with van der Waals surface area (Å²) < 4.78 is 1.20. The molecule has 2 rings (SSSR count). The zero-order valence-corrected chi connectivity index (χ0v) is 8.95. The monoisotopic (exact) mass is 205 g/mol. The minimum Gasteiger partial charge on any atom is -0.303 e. The second kappa shape index (κ2) is 3.75. The SMILES string of the molecule is CN(C)N=Cc1cc2ccncc2s1. The van der Waals surface area contributed by atoms with Crippen LogP contribution in [0.1, 0.15) is 4.88 Å². The molecule has 2 aromatic rings. The molecule has 0 aliphatic rings. The van der Waals surface area contributed by atoms with Crippen molar-refractivity contribution in [3.05, 3.63) is 29.4 Å². The third-order valence-corrected chi connectivity index (χ3v) is 2.78. The maximum absolute atomic E-state index is 4.19. The number of thiophene rings is 1. The van der Waals surface area contributed by atoms with Gasteiger partial charge in [-0.05, 0) is 17.5 Å². The van der Waals surface area contributed by atoms with E-state index in [0.717, 1.165) is 4.88 Å². The van der Waals surface area contributed by atoms with Crippen LogP contribution >= 0.6 is 11.3 Å². The highest BCUT2D eigenvalue weighted by molar-refractivity contribution is 7.20. The van der Waals surface area contributed by atoms with E-state index in [-0.39, 0.29) is 0 Å². The van der Waals surface area contributed by atoms with Gasteiger partial charge in [0.1, 0.15) is 0 Å². The van der Waals surface area contributed by atoms with E-state index in [2.05, 4.69) is 16.2 Å². The van der Waals surface area contributed by atoms with E-state index in [1.807, 2.05) is 38.8 Å². The van der Waals surface area contributed by atoms with Gasteiger partial charge in [0, 0.05) is 31.4 Å². The van der Waals surface area contributed by atoms with Gasteiger partial charge in [0.05, 0.1) is 10.9 Å². The van der Waals surface area contributed by atoms with Crippen LogP contribution < -0.4 is 0 Å². The second-order valence-corrected chi connectivity index (χ2v) is 4.27. The lowest BCUT2D eigenvalue weighted by Crippen LogP contribution is -2.01. The number of nitrogens with zero attached hydrogens (tertiary/aromatic N) is 3. The molecule has 0 N–H and O–H groups in total. The van der Waals surface area contributed by atoms with Gasteiger partial charge < -0.3 is 5.01 Å².